The lowest BCUT2D eigenvalue weighted by molar-refractivity contribution is 0.0951. The van der Waals surface area contributed by atoms with Crippen molar-refractivity contribution in [2.45, 2.75) is 0 Å². The molecule has 1 heterocycles. The molecule has 0 aliphatic carbocycles. The Morgan fingerprint density at radius 2 is 1.96 bits per heavy atom. The van der Waals surface area contributed by atoms with Gasteiger partial charge in [-0.15, -0.1) is 0 Å². The molecule has 3 aromatic rings. The molecule has 1 aromatic heterocycles. The van der Waals surface area contributed by atoms with E-state index in [0.29, 0.717) is 12.3 Å². The summed E-state index contributed by atoms with van der Waals surface area (Å²) in [6, 6.07) is 14.7. The Labute approximate surface area is 151 Å². The van der Waals surface area contributed by atoms with Crippen LogP contribution in [0.15, 0.2) is 66.3 Å². The first-order chi connectivity index (χ1) is 12.7. The highest BCUT2D eigenvalue weighted by molar-refractivity contribution is 5.98. The maximum absolute atomic E-state index is 12.2. The topological polar surface area (TPSA) is 75.7 Å². The molecular formula is C20H19N3O3. The number of benzene rings is 2. The van der Waals surface area contributed by atoms with Crippen molar-refractivity contribution in [3.63, 3.8) is 0 Å². The van der Waals surface area contributed by atoms with Crippen LogP contribution in [0.1, 0.15) is 16.1 Å². The van der Waals surface area contributed by atoms with Gasteiger partial charge in [-0.25, -0.2) is 5.43 Å². The fourth-order valence-corrected chi connectivity index (χ4v) is 2.39. The number of hydrogen-bond donors (Lipinski definition) is 2. The Bertz CT molecular complexity index is 943. The highest BCUT2D eigenvalue weighted by Crippen LogP contribution is 2.21. The van der Waals surface area contributed by atoms with Gasteiger partial charge in [-0.2, -0.15) is 5.10 Å². The predicted molar refractivity (Wildman–Crippen MR) is 102 cm³/mol. The van der Waals surface area contributed by atoms with Gasteiger partial charge in [-0.1, -0.05) is 12.7 Å². The Balaban J connectivity index is 1.62. The molecule has 0 saturated carbocycles. The number of H-pyrrole nitrogens is 1. The summed E-state index contributed by atoms with van der Waals surface area (Å²) in [5.74, 6) is 1.17. The molecule has 26 heavy (non-hydrogen) atoms. The molecule has 2 aromatic carbocycles. The van der Waals surface area contributed by atoms with Crippen LogP contribution in [0, 0.1) is 0 Å². The van der Waals surface area contributed by atoms with E-state index < -0.39 is 0 Å². The highest BCUT2D eigenvalue weighted by atomic mass is 16.5. The van der Waals surface area contributed by atoms with E-state index in [0.717, 1.165) is 28.0 Å². The second kappa shape index (κ2) is 8.02. The van der Waals surface area contributed by atoms with Crippen LogP contribution in [0.5, 0.6) is 11.5 Å². The van der Waals surface area contributed by atoms with Gasteiger partial charge in [-0.3, -0.25) is 4.79 Å². The molecule has 0 aliphatic heterocycles. The number of carbonyl (C=O) groups excluding carboxylic acids is 1. The van der Waals surface area contributed by atoms with E-state index >= 15 is 0 Å². The number of hydrogen-bond acceptors (Lipinski definition) is 4. The monoisotopic (exact) mass is 349 g/mol. The van der Waals surface area contributed by atoms with Crippen molar-refractivity contribution in [1.29, 1.82) is 0 Å². The van der Waals surface area contributed by atoms with Crippen molar-refractivity contribution >= 4 is 23.0 Å². The van der Waals surface area contributed by atoms with E-state index in [2.05, 4.69) is 22.1 Å². The maximum atomic E-state index is 12.2. The first-order valence-corrected chi connectivity index (χ1v) is 8.03. The second-order valence-corrected chi connectivity index (χ2v) is 5.50. The molecule has 132 valence electrons. The summed E-state index contributed by atoms with van der Waals surface area (Å²) >= 11 is 0. The molecule has 0 bridgehead atoms. The number of amides is 1. The molecule has 0 radical (unpaired) electrons. The lowest BCUT2D eigenvalue weighted by Gasteiger charge is -2.02. The average Bonchev–Trinajstić information content (AvgIpc) is 3.10. The molecule has 1 amide bonds. The number of ether oxygens (including phenoxy) is 2. The number of fused-ring (bicyclic) bond motifs is 1. The number of carbonyl (C=O) groups is 1. The van der Waals surface area contributed by atoms with E-state index in [9.17, 15) is 4.79 Å². The number of methoxy groups -OCH3 is 1. The predicted octanol–water partition coefficient (Wildman–Crippen LogP) is 3.51. The van der Waals surface area contributed by atoms with Gasteiger partial charge in [0.15, 0.2) is 0 Å². The standard InChI is InChI=1S/C20H19N3O3/c1-3-10-26-16-6-4-14(5-7-16)13-21-23-20(24)19-12-15-11-17(25-2)8-9-18(15)22-19/h3-9,11-13,22H,1,10H2,2H3,(H,23,24)/b21-13+. The van der Waals surface area contributed by atoms with E-state index in [4.69, 9.17) is 9.47 Å². The van der Waals surface area contributed by atoms with Crippen molar-refractivity contribution in [2.24, 2.45) is 5.10 Å². The minimum absolute atomic E-state index is 0.317. The number of aromatic amines is 1. The van der Waals surface area contributed by atoms with Crippen LogP contribution in [0.4, 0.5) is 0 Å². The van der Waals surface area contributed by atoms with Crippen LogP contribution in [0.3, 0.4) is 0 Å². The molecule has 0 spiro atoms. The van der Waals surface area contributed by atoms with Gasteiger partial charge in [-0.05, 0) is 54.1 Å². The maximum Gasteiger partial charge on any atom is 0.287 e. The van der Waals surface area contributed by atoms with Crippen LogP contribution in [-0.2, 0) is 0 Å². The van der Waals surface area contributed by atoms with Crippen molar-refractivity contribution in [1.82, 2.24) is 10.4 Å². The van der Waals surface area contributed by atoms with Crippen molar-refractivity contribution < 1.29 is 14.3 Å². The van der Waals surface area contributed by atoms with Crippen LogP contribution in [0.2, 0.25) is 0 Å². The highest BCUT2D eigenvalue weighted by Gasteiger charge is 2.09. The normalized spacial score (nSPS) is 10.8. The zero-order chi connectivity index (χ0) is 18.4. The number of hydrazone groups is 1. The minimum Gasteiger partial charge on any atom is -0.497 e. The minimum atomic E-state index is -0.317. The summed E-state index contributed by atoms with van der Waals surface area (Å²) < 4.78 is 10.6. The Hall–Kier alpha value is -3.54. The SMILES string of the molecule is C=CCOc1ccc(/C=N/NC(=O)c2cc3cc(OC)ccc3[nH]2)cc1. The van der Waals surface area contributed by atoms with E-state index in [1.165, 1.54) is 0 Å². The number of rotatable bonds is 7. The van der Waals surface area contributed by atoms with Crippen LogP contribution < -0.4 is 14.9 Å². The van der Waals surface area contributed by atoms with Crippen LogP contribution in [0.25, 0.3) is 10.9 Å². The quantitative estimate of drug-likeness (QED) is 0.389. The lowest BCUT2D eigenvalue weighted by atomic mass is 10.2. The van der Waals surface area contributed by atoms with Gasteiger partial charge in [0, 0.05) is 10.9 Å². The number of nitrogens with one attached hydrogen (secondary N) is 2. The van der Waals surface area contributed by atoms with E-state index in [-0.39, 0.29) is 5.91 Å². The van der Waals surface area contributed by atoms with E-state index in [1.54, 1.807) is 25.5 Å². The Kier molecular flexibility index (Phi) is 5.34. The van der Waals surface area contributed by atoms with Crippen molar-refractivity contribution in [3.05, 3.63) is 72.4 Å². The Morgan fingerprint density at radius 3 is 2.69 bits per heavy atom. The molecule has 6 heteroatoms. The smallest absolute Gasteiger partial charge is 0.287 e. The van der Waals surface area contributed by atoms with Crippen LogP contribution in [-0.4, -0.2) is 30.8 Å². The molecule has 0 aliphatic rings. The first-order valence-electron chi connectivity index (χ1n) is 8.03. The summed E-state index contributed by atoms with van der Waals surface area (Å²) in [5.41, 5.74) is 4.64. The van der Waals surface area contributed by atoms with Gasteiger partial charge >= 0.3 is 0 Å². The summed E-state index contributed by atoms with van der Waals surface area (Å²) in [6.07, 6.45) is 3.26. The molecule has 3 rings (SSSR count). The molecule has 2 N–H and O–H groups in total. The second-order valence-electron chi connectivity index (χ2n) is 5.50. The molecular weight excluding hydrogens is 330 g/mol. The lowest BCUT2D eigenvalue weighted by Crippen LogP contribution is -2.17. The van der Waals surface area contributed by atoms with Crippen LogP contribution >= 0.6 is 0 Å². The number of aromatic nitrogens is 1. The molecule has 6 nitrogen and oxygen atoms in total. The van der Waals surface area contributed by atoms with Gasteiger partial charge < -0.3 is 14.5 Å². The Morgan fingerprint density at radius 1 is 1.19 bits per heavy atom. The third kappa shape index (κ3) is 4.10. The zero-order valence-corrected chi connectivity index (χ0v) is 14.4. The molecule has 0 unspecified atom stereocenters. The van der Waals surface area contributed by atoms with Crippen molar-refractivity contribution in [2.75, 3.05) is 13.7 Å². The molecule has 0 atom stereocenters. The van der Waals surface area contributed by atoms with E-state index in [1.807, 2.05) is 42.5 Å². The summed E-state index contributed by atoms with van der Waals surface area (Å²) in [5, 5.41) is 4.88. The first kappa shape index (κ1) is 17.3. The van der Waals surface area contributed by atoms with Gasteiger partial charge in [0.1, 0.15) is 23.8 Å². The summed E-state index contributed by atoms with van der Waals surface area (Å²) in [4.78, 5) is 15.3. The summed E-state index contributed by atoms with van der Waals surface area (Å²) in [6.45, 7) is 4.06. The van der Waals surface area contributed by atoms with Crippen molar-refractivity contribution in [3.8, 4) is 11.5 Å². The fourth-order valence-electron chi connectivity index (χ4n) is 2.39. The number of nitrogens with zero attached hydrogens (tertiary/aromatic N) is 1. The third-order valence-corrected chi connectivity index (χ3v) is 3.70. The van der Waals surface area contributed by atoms with Gasteiger partial charge in [0.25, 0.3) is 5.91 Å². The average molecular weight is 349 g/mol. The molecule has 0 saturated heterocycles. The zero-order valence-electron chi connectivity index (χ0n) is 14.4. The summed E-state index contributed by atoms with van der Waals surface area (Å²) in [7, 11) is 1.61. The largest absolute Gasteiger partial charge is 0.497 e. The molecule has 0 fully saturated rings. The van der Waals surface area contributed by atoms with Gasteiger partial charge in [0.2, 0.25) is 0 Å². The van der Waals surface area contributed by atoms with Gasteiger partial charge in [0.05, 0.1) is 13.3 Å². The fraction of sp³-hybridized carbons (Fsp3) is 0.100. The third-order valence-electron chi connectivity index (χ3n) is 3.70.